The summed E-state index contributed by atoms with van der Waals surface area (Å²) in [5.41, 5.74) is 0.968. The molecule has 0 atom stereocenters. The van der Waals surface area contributed by atoms with Gasteiger partial charge in [-0.05, 0) is 30.7 Å². The first-order valence-corrected chi connectivity index (χ1v) is 6.06. The summed E-state index contributed by atoms with van der Waals surface area (Å²) in [6, 6.07) is 7.67. The molecule has 0 aliphatic carbocycles. The number of hydrogen-bond donors (Lipinski definition) is 0. The highest BCUT2D eigenvalue weighted by molar-refractivity contribution is 9.10. The van der Waals surface area contributed by atoms with Crippen LogP contribution in [0.4, 0.5) is 13.2 Å². The minimum absolute atomic E-state index is 0.114. The van der Waals surface area contributed by atoms with Crippen LogP contribution in [-0.2, 0) is 6.54 Å². The fourth-order valence-corrected chi connectivity index (χ4v) is 2.19. The summed E-state index contributed by atoms with van der Waals surface area (Å²) in [7, 11) is 0. The van der Waals surface area contributed by atoms with E-state index in [9.17, 15) is 13.2 Å². The number of hydrogen-bond acceptors (Lipinski definition) is 0. The Morgan fingerprint density at radius 2 is 1.94 bits per heavy atom. The van der Waals surface area contributed by atoms with Crippen LogP contribution in [0.5, 0.6) is 0 Å². The van der Waals surface area contributed by atoms with Gasteiger partial charge in [-0.2, -0.15) is 13.2 Å². The highest BCUT2D eigenvalue weighted by Crippen LogP contribution is 2.24. The number of fused-ring (bicyclic) bond motifs is 1. The third-order valence-corrected chi connectivity index (χ3v) is 3.09. The Labute approximate surface area is 105 Å². The maximum Gasteiger partial charge on any atom is 0.389 e. The lowest BCUT2D eigenvalue weighted by Gasteiger charge is -2.08. The van der Waals surface area contributed by atoms with Crippen molar-refractivity contribution >= 4 is 26.8 Å². The molecule has 2 aromatic rings. The second-order valence-corrected chi connectivity index (χ2v) is 4.85. The topological polar surface area (TPSA) is 4.93 Å². The van der Waals surface area contributed by atoms with Crippen LogP contribution in [0.25, 0.3) is 10.9 Å². The van der Waals surface area contributed by atoms with Gasteiger partial charge in [0.2, 0.25) is 0 Å². The summed E-state index contributed by atoms with van der Waals surface area (Å²) in [6.45, 7) is 0.393. The third-order valence-electron chi connectivity index (χ3n) is 2.59. The molecule has 92 valence electrons. The number of aromatic nitrogens is 1. The molecule has 0 aliphatic rings. The minimum Gasteiger partial charge on any atom is -0.347 e. The maximum atomic E-state index is 12.0. The second kappa shape index (κ2) is 4.72. The average Bonchev–Trinajstić information content (AvgIpc) is 2.59. The molecule has 0 fully saturated rings. The monoisotopic (exact) mass is 305 g/mol. The standard InChI is InChI=1S/C12H11BrF3N/c13-10-2-3-11-9(8-10)4-7-17(11)6-1-5-12(14,15)16/h2-4,7-8H,1,5-6H2. The number of nitrogens with zero attached hydrogens (tertiary/aromatic N) is 1. The van der Waals surface area contributed by atoms with Gasteiger partial charge < -0.3 is 4.57 Å². The van der Waals surface area contributed by atoms with Crippen molar-refractivity contribution in [1.29, 1.82) is 0 Å². The summed E-state index contributed by atoms with van der Waals surface area (Å²) in [4.78, 5) is 0. The molecule has 0 unspecified atom stereocenters. The van der Waals surface area contributed by atoms with E-state index in [2.05, 4.69) is 15.9 Å². The Morgan fingerprint density at radius 1 is 1.18 bits per heavy atom. The van der Waals surface area contributed by atoms with Gasteiger partial charge in [0, 0.05) is 34.5 Å². The number of benzene rings is 1. The van der Waals surface area contributed by atoms with Crippen molar-refractivity contribution in [3.8, 4) is 0 Å². The zero-order chi connectivity index (χ0) is 12.5. The SMILES string of the molecule is FC(F)(F)CCCn1ccc2cc(Br)ccc21. The predicted octanol–water partition coefficient (Wildman–Crippen LogP) is 4.75. The number of aryl methyl sites for hydroxylation is 1. The fraction of sp³-hybridized carbons (Fsp3) is 0.333. The van der Waals surface area contributed by atoms with E-state index in [1.165, 1.54) is 0 Å². The average molecular weight is 306 g/mol. The molecule has 0 saturated heterocycles. The molecule has 0 spiro atoms. The smallest absolute Gasteiger partial charge is 0.347 e. The Morgan fingerprint density at radius 3 is 2.65 bits per heavy atom. The number of rotatable bonds is 3. The van der Waals surface area contributed by atoms with Gasteiger partial charge in [-0.3, -0.25) is 0 Å². The summed E-state index contributed by atoms with van der Waals surface area (Å²) < 4.78 is 38.9. The molecular formula is C12H11BrF3N. The van der Waals surface area contributed by atoms with Gasteiger partial charge in [-0.15, -0.1) is 0 Å². The van der Waals surface area contributed by atoms with E-state index in [0.29, 0.717) is 6.54 Å². The first kappa shape index (κ1) is 12.5. The van der Waals surface area contributed by atoms with E-state index in [1.54, 1.807) is 0 Å². The lowest BCUT2D eigenvalue weighted by atomic mass is 10.2. The summed E-state index contributed by atoms with van der Waals surface area (Å²) in [6.07, 6.45) is -2.86. The van der Waals surface area contributed by atoms with Crippen LogP contribution >= 0.6 is 15.9 Å². The van der Waals surface area contributed by atoms with Crippen LogP contribution in [0.1, 0.15) is 12.8 Å². The van der Waals surface area contributed by atoms with E-state index in [0.717, 1.165) is 15.4 Å². The van der Waals surface area contributed by atoms with Gasteiger partial charge in [0.05, 0.1) is 0 Å². The molecule has 0 N–H and O–H groups in total. The molecule has 1 aromatic heterocycles. The van der Waals surface area contributed by atoms with Crippen LogP contribution in [0, 0.1) is 0 Å². The van der Waals surface area contributed by atoms with Crippen LogP contribution in [0.15, 0.2) is 34.9 Å². The molecule has 0 saturated carbocycles. The first-order chi connectivity index (χ1) is 7.96. The molecular weight excluding hydrogens is 295 g/mol. The molecule has 1 nitrogen and oxygen atoms in total. The fourth-order valence-electron chi connectivity index (χ4n) is 1.82. The number of alkyl halides is 3. The zero-order valence-corrected chi connectivity index (χ0v) is 10.6. The third kappa shape index (κ3) is 3.25. The van der Waals surface area contributed by atoms with Crippen LogP contribution in [-0.4, -0.2) is 10.7 Å². The van der Waals surface area contributed by atoms with Crippen molar-refractivity contribution in [2.45, 2.75) is 25.6 Å². The molecule has 2 rings (SSSR count). The maximum absolute atomic E-state index is 12.0. The molecule has 1 aromatic carbocycles. The lowest BCUT2D eigenvalue weighted by molar-refractivity contribution is -0.135. The molecule has 0 radical (unpaired) electrons. The van der Waals surface area contributed by atoms with Gasteiger partial charge in [-0.25, -0.2) is 0 Å². The molecule has 0 aliphatic heterocycles. The Hall–Kier alpha value is -0.970. The van der Waals surface area contributed by atoms with Gasteiger partial charge in [-0.1, -0.05) is 15.9 Å². The quantitative estimate of drug-likeness (QED) is 0.771. The largest absolute Gasteiger partial charge is 0.389 e. The normalized spacial score (nSPS) is 12.2. The van der Waals surface area contributed by atoms with Crippen LogP contribution in [0.2, 0.25) is 0 Å². The summed E-state index contributed by atoms with van der Waals surface area (Å²) >= 11 is 3.36. The summed E-state index contributed by atoms with van der Waals surface area (Å²) in [5, 5.41) is 1.03. The van der Waals surface area contributed by atoms with Crippen molar-refractivity contribution in [3.05, 3.63) is 34.9 Å². The molecule has 5 heteroatoms. The second-order valence-electron chi connectivity index (χ2n) is 3.93. The van der Waals surface area contributed by atoms with Gasteiger partial charge in [0.1, 0.15) is 0 Å². The minimum atomic E-state index is -4.06. The first-order valence-electron chi connectivity index (χ1n) is 5.27. The lowest BCUT2D eigenvalue weighted by Crippen LogP contribution is -2.08. The molecule has 0 amide bonds. The Kier molecular flexibility index (Phi) is 3.47. The van der Waals surface area contributed by atoms with E-state index in [4.69, 9.17) is 0 Å². The van der Waals surface area contributed by atoms with Gasteiger partial charge in [0.25, 0.3) is 0 Å². The zero-order valence-electron chi connectivity index (χ0n) is 8.97. The van der Waals surface area contributed by atoms with Crippen molar-refractivity contribution < 1.29 is 13.2 Å². The number of halogens is 4. The van der Waals surface area contributed by atoms with Crippen LogP contribution < -0.4 is 0 Å². The van der Waals surface area contributed by atoms with Crippen molar-refractivity contribution in [2.75, 3.05) is 0 Å². The van der Waals surface area contributed by atoms with E-state index >= 15 is 0 Å². The van der Waals surface area contributed by atoms with Gasteiger partial charge >= 0.3 is 6.18 Å². The highest BCUT2D eigenvalue weighted by Gasteiger charge is 2.26. The summed E-state index contributed by atoms with van der Waals surface area (Å²) in [5.74, 6) is 0. The van der Waals surface area contributed by atoms with E-state index < -0.39 is 12.6 Å². The Bertz CT molecular complexity index is 516. The molecule has 1 heterocycles. The van der Waals surface area contributed by atoms with Gasteiger partial charge in [0.15, 0.2) is 0 Å². The van der Waals surface area contributed by atoms with Crippen molar-refractivity contribution in [1.82, 2.24) is 4.57 Å². The highest BCUT2D eigenvalue weighted by atomic mass is 79.9. The van der Waals surface area contributed by atoms with Crippen molar-refractivity contribution in [2.24, 2.45) is 0 Å². The molecule has 0 bridgehead atoms. The van der Waals surface area contributed by atoms with E-state index in [1.807, 2.05) is 35.0 Å². The van der Waals surface area contributed by atoms with E-state index in [-0.39, 0.29) is 6.42 Å². The molecule has 17 heavy (non-hydrogen) atoms. The predicted molar refractivity (Wildman–Crippen MR) is 64.9 cm³/mol. The Balaban J connectivity index is 2.09. The van der Waals surface area contributed by atoms with Crippen molar-refractivity contribution in [3.63, 3.8) is 0 Å². The van der Waals surface area contributed by atoms with Crippen LogP contribution in [0.3, 0.4) is 0 Å².